The minimum atomic E-state index is -0.00218. The maximum Gasteiger partial charge on any atom is 0.257 e. The van der Waals surface area contributed by atoms with Crippen LogP contribution in [0.3, 0.4) is 0 Å². The van der Waals surface area contributed by atoms with Gasteiger partial charge in [-0.25, -0.2) is 0 Å². The zero-order chi connectivity index (χ0) is 12.3. The third kappa shape index (κ3) is 2.79. The van der Waals surface area contributed by atoms with Gasteiger partial charge >= 0.3 is 0 Å². The molecule has 1 aliphatic heterocycles. The first-order valence-corrected chi connectivity index (χ1v) is 6.22. The molecule has 0 atom stereocenters. The molecule has 0 radical (unpaired) electrons. The number of nitrogens with zero attached hydrogens (tertiary/aromatic N) is 1. The minimum Gasteiger partial charge on any atom is -0.496 e. The molecule has 1 fully saturated rings. The highest BCUT2D eigenvalue weighted by Gasteiger charge is 2.21. The number of hydrogen-bond donors (Lipinski definition) is 0. The molecule has 1 aromatic rings. The Morgan fingerprint density at radius 3 is 2.76 bits per heavy atom. The largest absolute Gasteiger partial charge is 0.496 e. The predicted octanol–water partition coefficient (Wildman–Crippen LogP) is 1.93. The van der Waals surface area contributed by atoms with Gasteiger partial charge in [0.2, 0.25) is 0 Å². The number of amides is 1. The zero-order valence-corrected chi connectivity index (χ0v) is 11.2. The lowest BCUT2D eigenvalue weighted by Crippen LogP contribution is -2.40. The summed E-state index contributed by atoms with van der Waals surface area (Å²) in [6, 6.07) is 5.42. The maximum absolute atomic E-state index is 12.3. The molecule has 0 aromatic heterocycles. The lowest BCUT2D eigenvalue weighted by atomic mass is 10.1. The monoisotopic (exact) mass is 299 g/mol. The van der Waals surface area contributed by atoms with E-state index in [0.717, 1.165) is 4.47 Å². The second-order valence-electron chi connectivity index (χ2n) is 3.75. The fourth-order valence-electron chi connectivity index (χ4n) is 1.78. The molecule has 2 rings (SSSR count). The first-order valence-electron chi connectivity index (χ1n) is 5.43. The van der Waals surface area contributed by atoms with Crippen LogP contribution in [-0.2, 0) is 4.74 Å². The van der Waals surface area contributed by atoms with Gasteiger partial charge in [0.25, 0.3) is 5.91 Å². The molecule has 4 nitrogen and oxygen atoms in total. The molecule has 92 valence electrons. The first-order chi connectivity index (χ1) is 8.22. The standard InChI is InChI=1S/C12H14BrNO3/c1-16-11-8-9(13)2-3-10(11)12(15)14-4-6-17-7-5-14/h2-3,8H,4-7H2,1H3. The lowest BCUT2D eigenvalue weighted by molar-refractivity contribution is 0.0301. The number of ether oxygens (including phenoxy) is 2. The van der Waals surface area contributed by atoms with Crippen LogP contribution in [0.2, 0.25) is 0 Å². The molecule has 5 heteroatoms. The second-order valence-corrected chi connectivity index (χ2v) is 4.66. The summed E-state index contributed by atoms with van der Waals surface area (Å²) in [6.07, 6.45) is 0. The Morgan fingerprint density at radius 1 is 1.41 bits per heavy atom. The van der Waals surface area contributed by atoms with Gasteiger partial charge in [0, 0.05) is 17.6 Å². The van der Waals surface area contributed by atoms with Gasteiger partial charge in [0.15, 0.2) is 0 Å². The van der Waals surface area contributed by atoms with Crippen LogP contribution in [0.1, 0.15) is 10.4 Å². The maximum atomic E-state index is 12.3. The highest BCUT2D eigenvalue weighted by molar-refractivity contribution is 9.10. The molecule has 1 aliphatic rings. The van der Waals surface area contributed by atoms with Gasteiger partial charge in [0.05, 0.1) is 25.9 Å². The van der Waals surface area contributed by atoms with E-state index in [9.17, 15) is 4.79 Å². The molecule has 1 heterocycles. The van der Waals surface area contributed by atoms with Gasteiger partial charge in [-0.1, -0.05) is 15.9 Å². The fraction of sp³-hybridized carbons (Fsp3) is 0.417. The van der Waals surface area contributed by atoms with Gasteiger partial charge in [-0.3, -0.25) is 4.79 Å². The van der Waals surface area contributed by atoms with Crippen molar-refractivity contribution >= 4 is 21.8 Å². The molecule has 0 bridgehead atoms. The molecule has 0 aliphatic carbocycles. The average Bonchev–Trinajstić information content (AvgIpc) is 2.39. The van der Waals surface area contributed by atoms with E-state index >= 15 is 0 Å². The number of carbonyl (C=O) groups is 1. The van der Waals surface area contributed by atoms with E-state index in [-0.39, 0.29) is 5.91 Å². The average molecular weight is 300 g/mol. The molecule has 0 saturated carbocycles. The van der Waals surface area contributed by atoms with E-state index in [0.29, 0.717) is 37.6 Å². The normalized spacial score (nSPS) is 15.8. The molecule has 1 saturated heterocycles. The summed E-state index contributed by atoms with van der Waals surface area (Å²) in [5, 5.41) is 0. The van der Waals surface area contributed by atoms with Crippen molar-refractivity contribution in [2.24, 2.45) is 0 Å². The summed E-state index contributed by atoms with van der Waals surface area (Å²) in [4.78, 5) is 14.1. The Balaban J connectivity index is 2.23. The van der Waals surface area contributed by atoms with Crippen LogP contribution in [0.15, 0.2) is 22.7 Å². The van der Waals surface area contributed by atoms with Gasteiger partial charge < -0.3 is 14.4 Å². The number of benzene rings is 1. The topological polar surface area (TPSA) is 38.8 Å². The summed E-state index contributed by atoms with van der Waals surface area (Å²) < 4.78 is 11.4. The smallest absolute Gasteiger partial charge is 0.257 e. The van der Waals surface area contributed by atoms with E-state index in [4.69, 9.17) is 9.47 Å². The Morgan fingerprint density at radius 2 is 2.12 bits per heavy atom. The zero-order valence-electron chi connectivity index (χ0n) is 9.61. The van der Waals surface area contributed by atoms with Crippen molar-refractivity contribution in [3.05, 3.63) is 28.2 Å². The highest BCUT2D eigenvalue weighted by Crippen LogP contribution is 2.24. The predicted molar refractivity (Wildman–Crippen MR) is 67.4 cm³/mol. The third-order valence-electron chi connectivity index (χ3n) is 2.69. The molecule has 0 spiro atoms. The van der Waals surface area contributed by atoms with Gasteiger partial charge in [-0.2, -0.15) is 0 Å². The Bertz CT molecular complexity index is 416. The van der Waals surface area contributed by atoms with Crippen molar-refractivity contribution in [1.29, 1.82) is 0 Å². The number of methoxy groups -OCH3 is 1. The van der Waals surface area contributed by atoms with Gasteiger partial charge in [-0.15, -0.1) is 0 Å². The molecule has 1 amide bonds. The number of halogens is 1. The van der Waals surface area contributed by atoms with E-state index < -0.39 is 0 Å². The molecule has 0 N–H and O–H groups in total. The minimum absolute atomic E-state index is 0.00218. The van der Waals surface area contributed by atoms with Crippen molar-refractivity contribution in [3.63, 3.8) is 0 Å². The number of morpholine rings is 1. The fourth-order valence-corrected chi connectivity index (χ4v) is 2.12. The molecule has 1 aromatic carbocycles. The van der Waals surface area contributed by atoms with E-state index in [2.05, 4.69) is 15.9 Å². The van der Waals surface area contributed by atoms with Crippen LogP contribution >= 0.6 is 15.9 Å². The Labute approximate surface area is 109 Å². The van der Waals surface area contributed by atoms with Crippen molar-refractivity contribution in [3.8, 4) is 5.75 Å². The van der Waals surface area contributed by atoms with Gasteiger partial charge in [-0.05, 0) is 18.2 Å². The van der Waals surface area contributed by atoms with E-state index in [1.165, 1.54) is 0 Å². The SMILES string of the molecule is COc1cc(Br)ccc1C(=O)N1CCOCC1. The summed E-state index contributed by atoms with van der Waals surface area (Å²) in [5.74, 6) is 0.591. The van der Waals surface area contributed by atoms with Crippen LogP contribution in [-0.4, -0.2) is 44.2 Å². The van der Waals surface area contributed by atoms with Crippen LogP contribution in [0.25, 0.3) is 0 Å². The van der Waals surface area contributed by atoms with Crippen molar-refractivity contribution in [2.45, 2.75) is 0 Å². The number of hydrogen-bond acceptors (Lipinski definition) is 3. The summed E-state index contributed by atoms with van der Waals surface area (Å²) in [6.45, 7) is 2.48. The van der Waals surface area contributed by atoms with Crippen molar-refractivity contribution in [1.82, 2.24) is 4.90 Å². The lowest BCUT2D eigenvalue weighted by Gasteiger charge is -2.27. The van der Waals surface area contributed by atoms with Crippen LogP contribution in [0.5, 0.6) is 5.75 Å². The van der Waals surface area contributed by atoms with E-state index in [1.54, 1.807) is 24.1 Å². The Hall–Kier alpha value is -1.07. The third-order valence-corrected chi connectivity index (χ3v) is 3.19. The number of rotatable bonds is 2. The molecular formula is C12H14BrNO3. The Kier molecular flexibility index (Phi) is 4.02. The summed E-state index contributed by atoms with van der Waals surface area (Å²) >= 11 is 3.36. The quantitative estimate of drug-likeness (QED) is 0.838. The second kappa shape index (κ2) is 5.51. The summed E-state index contributed by atoms with van der Waals surface area (Å²) in [5.41, 5.74) is 0.595. The van der Waals surface area contributed by atoms with Crippen molar-refractivity contribution in [2.75, 3.05) is 33.4 Å². The highest BCUT2D eigenvalue weighted by atomic mass is 79.9. The van der Waals surface area contributed by atoms with Crippen LogP contribution in [0.4, 0.5) is 0 Å². The molecule has 17 heavy (non-hydrogen) atoms. The van der Waals surface area contributed by atoms with E-state index in [1.807, 2.05) is 6.07 Å². The first kappa shape index (κ1) is 12.4. The van der Waals surface area contributed by atoms with Crippen LogP contribution < -0.4 is 4.74 Å². The van der Waals surface area contributed by atoms with Crippen molar-refractivity contribution < 1.29 is 14.3 Å². The van der Waals surface area contributed by atoms with Crippen LogP contribution in [0, 0.1) is 0 Å². The van der Waals surface area contributed by atoms with Gasteiger partial charge in [0.1, 0.15) is 5.75 Å². The number of carbonyl (C=O) groups excluding carboxylic acids is 1. The molecule has 0 unspecified atom stereocenters. The summed E-state index contributed by atoms with van der Waals surface area (Å²) in [7, 11) is 1.57. The molecular weight excluding hydrogens is 286 g/mol.